The van der Waals surface area contributed by atoms with Gasteiger partial charge in [0.1, 0.15) is 5.78 Å². The number of aromatic nitrogens is 3. The highest BCUT2D eigenvalue weighted by Crippen LogP contribution is 2.41. The van der Waals surface area contributed by atoms with Crippen LogP contribution in [0.4, 0.5) is 5.95 Å². The van der Waals surface area contributed by atoms with Crippen molar-refractivity contribution in [3.05, 3.63) is 54.1 Å². The van der Waals surface area contributed by atoms with E-state index in [-0.39, 0.29) is 17.7 Å². The second-order valence-electron chi connectivity index (χ2n) is 7.51. The number of aliphatic imine (C=N–C) groups is 1. The van der Waals surface area contributed by atoms with Gasteiger partial charge in [-0.25, -0.2) is 9.67 Å². The molecule has 1 aliphatic heterocycles. The van der Waals surface area contributed by atoms with E-state index in [1.54, 1.807) is 18.9 Å². The van der Waals surface area contributed by atoms with E-state index in [0.29, 0.717) is 29.7 Å². The van der Waals surface area contributed by atoms with Gasteiger partial charge in [0.25, 0.3) is 0 Å². The highest BCUT2D eigenvalue weighted by atomic mass is 16.5. The SMILES string of the molecule is COc1ccc(-c2nc3n(n2)C(c2ccccc2)C2C(=O)CCCC2=N3)cc1OC. The number of ketones is 1. The minimum atomic E-state index is -0.284. The number of nitrogens with zero attached hydrogens (tertiary/aromatic N) is 4. The third kappa shape index (κ3) is 2.98. The Morgan fingerprint density at radius 3 is 2.57 bits per heavy atom. The number of methoxy groups -OCH3 is 2. The molecule has 30 heavy (non-hydrogen) atoms. The van der Waals surface area contributed by atoms with Gasteiger partial charge in [-0.15, -0.1) is 5.10 Å². The van der Waals surface area contributed by atoms with Crippen molar-refractivity contribution >= 4 is 17.4 Å². The molecule has 1 saturated carbocycles. The van der Waals surface area contributed by atoms with Crippen LogP contribution in [0, 0.1) is 5.92 Å². The number of carbonyl (C=O) groups excluding carboxylic acids is 1. The fourth-order valence-electron chi connectivity index (χ4n) is 4.35. The first-order valence-electron chi connectivity index (χ1n) is 10.0. The Hall–Kier alpha value is -3.48. The summed E-state index contributed by atoms with van der Waals surface area (Å²) in [6.45, 7) is 0. The highest BCUT2D eigenvalue weighted by Gasteiger charge is 2.42. The van der Waals surface area contributed by atoms with Crippen LogP contribution in [0.25, 0.3) is 11.4 Å². The number of benzene rings is 2. The zero-order valence-corrected chi connectivity index (χ0v) is 16.9. The third-order valence-electron chi connectivity index (χ3n) is 5.78. The quantitative estimate of drug-likeness (QED) is 0.659. The van der Waals surface area contributed by atoms with E-state index >= 15 is 0 Å². The van der Waals surface area contributed by atoms with Crippen LogP contribution in [0.3, 0.4) is 0 Å². The molecule has 0 saturated heterocycles. The molecule has 0 N–H and O–H groups in total. The normalized spacial score (nSPS) is 20.2. The number of hydrogen-bond acceptors (Lipinski definition) is 6. The summed E-state index contributed by atoms with van der Waals surface area (Å²) in [6, 6.07) is 15.4. The molecule has 2 heterocycles. The minimum absolute atomic E-state index is 0.225. The van der Waals surface area contributed by atoms with Crippen molar-refractivity contribution in [3.8, 4) is 22.9 Å². The Bertz CT molecular complexity index is 1140. The van der Waals surface area contributed by atoms with Gasteiger partial charge in [-0.1, -0.05) is 30.3 Å². The van der Waals surface area contributed by atoms with Crippen LogP contribution in [-0.4, -0.2) is 40.5 Å². The van der Waals surface area contributed by atoms with Gasteiger partial charge in [0.05, 0.1) is 26.2 Å². The van der Waals surface area contributed by atoms with Crippen molar-refractivity contribution in [2.45, 2.75) is 25.3 Å². The molecular weight excluding hydrogens is 380 g/mol. The molecule has 152 valence electrons. The zero-order chi connectivity index (χ0) is 20.7. The van der Waals surface area contributed by atoms with Crippen molar-refractivity contribution in [1.29, 1.82) is 0 Å². The first-order chi connectivity index (χ1) is 14.7. The van der Waals surface area contributed by atoms with Crippen LogP contribution in [0.1, 0.15) is 30.9 Å². The van der Waals surface area contributed by atoms with Crippen LogP contribution < -0.4 is 9.47 Å². The van der Waals surface area contributed by atoms with Crippen molar-refractivity contribution in [1.82, 2.24) is 14.8 Å². The monoisotopic (exact) mass is 402 g/mol. The first-order valence-corrected chi connectivity index (χ1v) is 10.0. The molecule has 0 bridgehead atoms. The number of ether oxygens (including phenoxy) is 2. The van der Waals surface area contributed by atoms with Gasteiger partial charge in [-0.05, 0) is 36.6 Å². The Balaban J connectivity index is 1.65. The molecular formula is C23H22N4O3. The predicted octanol–water partition coefficient (Wildman–Crippen LogP) is 4.01. The van der Waals surface area contributed by atoms with Crippen molar-refractivity contribution in [2.24, 2.45) is 10.9 Å². The number of rotatable bonds is 4. The lowest BCUT2D eigenvalue weighted by Crippen LogP contribution is -2.39. The van der Waals surface area contributed by atoms with Gasteiger partial charge in [0.2, 0.25) is 5.95 Å². The summed E-state index contributed by atoms with van der Waals surface area (Å²) < 4.78 is 12.6. The number of Topliss-reactive ketones (excluding diaryl/α,β-unsaturated/α-hetero) is 1. The predicted molar refractivity (Wildman–Crippen MR) is 113 cm³/mol. The van der Waals surface area contributed by atoms with Gasteiger partial charge in [0, 0.05) is 17.7 Å². The van der Waals surface area contributed by atoms with E-state index in [9.17, 15) is 4.79 Å². The van der Waals surface area contributed by atoms with E-state index in [4.69, 9.17) is 24.5 Å². The molecule has 0 radical (unpaired) electrons. The Morgan fingerprint density at radius 2 is 1.80 bits per heavy atom. The van der Waals surface area contributed by atoms with Crippen LogP contribution in [-0.2, 0) is 4.79 Å². The van der Waals surface area contributed by atoms with Gasteiger partial charge in [-0.2, -0.15) is 4.98 Å². The fraction of sp³-hybridized carbons (Fsp3) is 0.304. The topological polar surface area (TPSA) is 78.6 Å². The summed E-state index contributed by atoms with van der Waals surface area (Å²) in [5, 5.41) is 4.79. The van der Waals surface area contributed by atoms with E-state index in [2.05, 4.69) is 0 Å². The Morgan fingerprint density at radius 1 is 1.00 bits per heavy atom. The maximum absolute atomic E-state index is 12.9. The maximum Gasteiger partial charge on any atom is 0.248 e. The van der Waals surface area contributed by atoms with Crippen molar-refractivity contribution in [3.63, 3.8) is 0 Å². The highest BCUT2D eigenvalue weighted by molar-refractivity contribution is 6.09. The molecule has 2 aliphatic rings. The minimum Gasteiger partial charge on any atom is -0.493 e. The van der Waals surface area contributed by atoms with Gasteiger partial charge >= 0.3 is 0 Å². The summed E-state index contributed by atoms with van der Waals surface area (Å²) >= 11 is 0. The summed E-state index contributed by atoms with van der Waals surface area (Å²) in [5.41, 5.74) is 2.75. The summed E-state index contributed by atoms with van der Waals surface area (Å²) in [4.78, 5) is 22.3. The summed E-state index contributed by atoms with van der Waals surface area (Å²) in [7, 11) is 3.20. The second-order valence-corrected chi connectivity index (χ2v) is 7.51. The van der Waals surface area contributed by atoms with Crippen LogP contribution in [0.15, 0.2) is 53.5 Å². The van der Waals surface area contributed by atoms with E-state index in [1.807, 2.05) is 48.5 Å². The molecule has 2 unspecified atom stereocenters. The Kier molecular flexibility index (Phi) is 4.58. The lowest BCUT2D eigenvalue weighted by molar-refractivity contribution is -0.122. The second kappa shape index (κ2) is 7.40. The van der Waals surface area contributed by atoms with Crippen LogP contribution >= 0.6 is 0 Å². The number of hydrogen-bond donors (Lipinski definition) is 0. The average Bonchev–Trinajstić information content (AvgIpc) is 3.21. The molecule has 1 fully saturated rings. The molecule has 0 amide bonds. The lowest BCUT2D eigenvalue weighted by atomic mass is 9.78. The molecule has 0 spiro atoms. The van der Waals surface area contributed by atoms with E-state index < -0.39 is 0 Å². The fourth-order valence-corrected chi connectivity index (χ4v) is 4.35. The molecule has 1 aromatic heterocycles. The third-order valence-corrected chi connectivity index (χ3v) is 5.78. The molecule has 3 aromatic rings. The average molecular weight is 402 g/mol. The van der Waals surface area contributed by atoms with Crippen molar-refractivity contribution in [2.75, 3.05) is 14.2 Å². The first kappa shape index (κ1) is 18.5. The standard InChI is InChI=1S/C23H22N4O3/c1-29-18-12-11-15(13-19(18)30-2)22-25-23-24-16-9-6-10-17(28)20(16)21(27(23)26-22)14-7-4-3-5-8-14/h3-5,7-8,11-13,20-21H,6,9-10H2,1-2H3. The molecule has 2 aromatic carbocycles. The molecule has 7 nitrogen and oxygen atoms in total. The Labute approximate surface area is 174 Å². The molecule has 1 aliphatic carbocycles. The molecule has 2 atom stereocenters. The van der Waals surface area contributed by atoms with E-state index in [1.165, 1.54) is 0 Å². The smallest absolute Gasteiger partial charge is 0.248 e. The zero-order valence-electron chi connectivity index (χ0n) is 16.9. The van der Waals surface area contributed by atoms with Crippen LogP contribution in [0.2, 0.25) is 0 Å². The number of fused-ring (bicyclic) bond motifs is 2. The van der Waals surface area contributed by atoms with Gasteiger partial charge in [-0.3, -0.25) is 4.79 Å². The lowest BCUT2D eigenvalue weighted by Gasteiger charge is -2.34. The number of carbonyl (C=O) groups is 1. The van der Waals surface area contributed by atoms with Crippen LogP contribution in [0.5, 0.6) is 11.5 Å². The maximum atomic E-state index is 12.9. The van der Waals surface area contributed by atoms with Gasteiger partial charge < -0.3 is 9.47 Å². The molecule has 7 heteroatoms. The van der Waals surface area contributed by atoms with Crippen molar-refractivity contribution < 1.29 is 14.3 Å². The summed E-state index contributed by atoms with van der Waals surface area (Å²) in [6.07, 6.45) is 2.24. The van der Waals surface area contributed by atoms with Gasteiger partial charge in [0.15, 0.2) is 17.3 Å². The largest absolute Gasteiger partial charge is 0.493 e. The summed E-state index contributed by atoms with van der Waals surface area (Å²) in [5.74, 6) is 2.27. The van der Waals surface area contributed by atoms with E-state index in [0.717, 1.165) is 29.7 Å². The molecule has 5 rings (SSSR count).